The zero-order chi connectivity index (χ0) is 24.5. The fraction of sp³-hybridized carbons (Fsp3) is 0.269. The summed E-state index contributed by atoms with van der Waals surface area (Å²) in [6, 6.07) is 16.0. The van der Waals surface area contributed by atoms with E-state index in [1.807, 2.05) is 43.3 Å². The lowest BCUT2D eigenvalue weighted by atomic mass is 9.77. The number of benzene rings is 2. The predicted octanol–water partition coefficient (Wildman–Crippen LogP) is 3.90. The SMILES string of the molecule is CCOc1cc(-c2ccccc2)nc2c(F)c(/C(N)=C(\C#N)C(N)=NC3CC(C)(O)C3)ccc12. The first kappa shape index (κ1) is 23.2. The van der Waals surface area contributed by atoms with Gasteiger partial charge in [0.15, 0.2) is 5.82 Å². The number of hydrogen-bond acceptors (Lipinski definition) is 6. The highest BCUT2D eigenvalue weighted by atomic mass is 19.1. The molecule has 8 heteroatoms. The van der Waals surface area contributed by atoms with Crippen molar-refractivity contribution in [3.05, 3.63) is 65.5 Å². The second-order valence-corrected chi connectivity index (χ2v) is 8.60. The van der Waals surface area contributed by atoms with Crippen molar-refractivity contribution in [2.75, 3.05) is 6.61 Å². The van der Waals surface area contributed by atoms with Crippen LogP contribution >= 0.6 is 0 Å². The van der Waals surface area contributed by atoms with E-state index in [-0.39, 0.29) is 34.2 Å². The van der Waals surface area contributed by atoms with Crippen LogP contribution in [-0.2, 0) is 0 Å². The molecule has 0 saturated heterocycles. The van der Waals surface area contributed by atoms with Gasteiger partial charge in [0.25, 0.3) is 0 Å². The van der Waals surface area contributed by atoms with Gasteiger partial charge in [-0.1, -0.05) is 30.3 Å². The van der Waals surface area contributed by atoms with Crippen molar-refractivity contribution in [3.8, 4) is 23.1 Å². The average Bonchev–Trinajstić information content (AvgIpc) is 2.79. The molecule has 34 heavy (non-hydrogen) atoms. The van der Waals surface area contributed by atoms with Crippen LogP contribution in [0.15, 0.2) is 59.1 Å². The van der Waals surface area contributed by atoms with E-state index in [2.05, 4.69) is 9.98 Å². The van der Waals surface area contributed by atoms with Crippen LogP contribution in [0.1, 0.15) is 32.3 Å². The van der Waals surface area contributed by atoms with E-state index >= 15 is 4.39 Å². The molecule has 0 aliphatic heterocycles. The molecule has 5 N–H and O–H groups in total. The lowest BCUT2D eigenvalue weighted by Crippen LogP contribution is -2.44. The molecule has 0 atom stereocenters. The van der Waals surface area contributed by atoms with Crippen LogP contribution in [0.25, 0.3) is 27.9 Å². The minimum Gasteiger partial charge on any atom is -0.493 e. The normalized spacial score (nSPS) is 20.9. The van der Waals surface area contributed by atoms with Gasteiger partial charge in [0.1, 0.15) is 28.7 Å². The molecular formula is C26H26FN5O2. The van der Waals surface area contributed by atoms with Crippen LogP contribution in [0.4, 0.5) is 4.39 Å². The van der Waals surface area contributed by atoms with E-state index < -0.39 is 11.4 Å². The third-order valence-electron chi connectivity index (χ3n) is 5.85. The third kappa shape index (κ3) is 4.43. The topological polar surface area (TPSA) is 131 Å². The Morgan fingerprint density at radius 2 is 1.97 bits per heavy atom. The van der Waals surface area contributed by atoms with Gasteiger partial charge in [-0.25, -0.2) is 9.37 Å². The van der Waals surface area contributed by atoms with Crippen LogP contribution in [0.5, 0.6) is 5.75 Å². The molecule has 4 rings (SSSR count). The van der Waals surface area contributed by atoms with E-state index in [0.29, 0.717) is 36.3 Å². The lowest BCUT2D eigenvalue weighted by Gasteiger charge is -2.38. The van der Waals surface area contributed by atoms with E-state index in [1.165, 1.54) is 6.07 Å². The summed E-state index contributed by atoms with van der Waals surface area (Å²) < 4.78 is 21.5. The minimum atomic E-state index is -0.790. The highest BCUT2D eigenvalue weighted by Crippen LogP contribution is 2.35. The first-order valence-electron chi connectivity index (χ1n) is 11.0. The molecular weight excluding hydrogens is 433 g/mol. The molecule has 2 aromatic carbocycles. The Morgan fingerprint density at radius 1 is 1.26 bits per heavy atom. The number of nitriles is 1. The summed E-state index contributed by atoms with van der Waals surface area (Å²) in [6.45, 7) is 3.96. The van der Waals surface area contributed by atoms with Crippen LogP contribution in [0.3, 0.4) is 0 Å². The maximum Gasteiger partial charge on any atom is 0.158 e. The zero-order valence-corrected chi connectivity index (χ0v) is 19.0. The standard InChI is InChI=1S/C26H26FN5O2/c1-3-34-21-11-20(15-7-5-4-6-8-15)32-24-17(21)9-10-18(22(24)27)23(29)19(14-28)25(30)31-16-12-26(2,33)13-16/h4-11,16,33H,3,12-13,29H2,1-2H3,(H2,30,31)/b23-19-. The largest absolute Gasteiger partial charge is 0.493 e. The molecule has 174 valence electrons. The number of aliphatic hydroxyl groups is 1. The van der Waals surface area contributed by atoms with Gasteiger partial charge < -0.3 is 21.3 Å². The Balaban J connectivity index is 1.83. The Morgan fingerprint density at radius 3 is 2.59 bits per heavy atom. The number of nitrogens with zero attached hydrogens (tertiary/aromatic N) is 3. The minimum absolute atomic E-state index is 0.00275. The molecule has 1 aliphatic carbocycles. The molecule has 7 nitrogen and oxygen atoms in total. The van der Waals surface area contributed by atoms with Crippen molar-refractivity contribution < 1.29 is 14.2 Å². The summed E-state index contributed by atoms with van der Waals surface area (Å²) in [4.78, 5) is 8.84. The monoisotopic (exact) mass is 459 g/mol. The van der Waals surface area contributed by atoms with Crippen molar-refractivity contribution >= 4 is 22.4 Å². The van der Waals surface area contributed by atoms with Gasteiger partial charge in [-0.3, -0.25) is 4.99 Å². The summed E-state index contributed by atoms with van der Waals surface area (Å²) in [5.74, 6) is -0.264. The Bertz CT molecular complexity index is 1330. The van der Waals surface area contributed by atoms with Gasteiger partial charge in [-0.05, 0) is 38.8 Å². The van der Waals surface area contributed by atoms with E-state index in [4.69, 9.17) is 16.2 Å². The number of halogens is 1. The van der Waals surface area contributed by atoms with Gasteiger partial charge in [0.2, 0.25) is 0 Å². The van der Waals surface area contributed by atoms with Crippen LogP contribution < -0.4 is 16.2 Å². The number of rotatable bonds is 6. The van der Waals surface area contributed by atoms with Crippen LogP contribution in [0.2, 0.25) is 0 Å². The zero-order valence-electron chi connectivity index (χ0n) is 19.0. The van der Waals surface area contributed by atoms with Gasteiger partial charge in [0.05, 0.1) is 29.6 Å². The Labute approximate surface area is 197 Å². The summed E-state index contributed by atoms with van der Waals surface area (Å²) in [6.07, 6.45) is 0.867. The van der Waals surface area contributed by atoms with Gasteiger partial charge >= 0.3 is 0 Å². The highest BCUT2D eigenvalue weighted by Gasteiger charge is 2.38. The summed E-state index contributed by atoms with van der Waals surface area (Å²) in [5, 5.41) is 20.1. The molecule has 1 heterocycles. The fourth-order valence-electron chi connectivity index (χ4n) is 4.17. The molecule has 0 bridgehead atoms. The molecule has 0 unspecified atom stereocenters. The number of aliphatic imine (C=N–C) groups is 1. The Hall–Kier alpha value is -3.96. The summed E-state index contributed by atoms with van der Waals surface area (Å²) >= 11 is 0. The number of ether oxygens (including phenoxy) is 1. The molecule has 0 amide bonds. The maximum atomic E-state index is 15.8. The second-order valence-electron chi connectivity index (χ2n) is 8.60. The second kappa shape index (κ2) is 9.12. The summed E-state index contributed by atoms with van der Waals surface area (Å²) in [5.41, 5.74) is 12.7. The van der Waals surface area contributed by atoms with Crippen LogP contribution in [-0.4, -0.2) is 34.2 Å². The molecule has 1 aliphatic rings. The maximum absolute atomic E-state index is 15.8. The van der Waals surface area contributed by atoms with E-state index in [1.54, 1.807) is 19.1 Å². The number of amidine groups is 1. The van der Waals surface area contributed by atoms with Crippen molar-refractivity contribution in [3.63, 3.8) is 0 Å². The van der Waals surface area contributed by atoms with E-state index in [0.717, 1.165) is 5.56 Å². The van der Waals surface area contributed by atoms with Crippen molar-refractivity contribution in [1.29, 1.82) is 5.26 Å². The number of nitrogens with two attached hydrogens (primary N) is 2. The van der Waals surface area contributed by atoms with Gasteiger partial charge in [-0.2, -0.15) is 5.26 Å². The average molecular weight is 460 g/mol. The highest BCUT2D eigenvalue weighted by molar-refractivity contribution is 6.07. The molecule has 1 saturated carbocycles. The molecule has 0 spiro atoms. The number of aromatic nitrogens is 1. The first-order valence-corrected chi connectivity index (χ1v) is 11.0. The van der Waals surface area contributed by atoms with Gasteiger partial charge in [-0.15, -0.1) is 0 Å². The number of hydrogen-bond donors (Lipinski definition) is 3. The smallest absolute Gasteiger partial charge is 0.158 e. The van der Waals surface area contributed by atoms with Crippen LogP contribution in [0, 0.1) is 17.1 Å². The fourth-order valence-corrected chi connectivity index (χ4v) is 4.17. The lowest BCUT2D eigenvalue weighted by molar-refractivity contribution is -0.0280. The first-order chi connectivity index (χ1) is 16.2. The number of fused-ring (bicyclic) bond motifs is 1. The molecule has 0 radical (unpaired) electrons. The Kier molecular flexibility index (Phi) is 6.22. The van der Waals surface area contributed by atoms with E-state index in [9.17, 15) is 10.4 Å². The van der Waals surface area contributed by atoms with Crippen molar-refractivity contribution in [2.24, 2.45) is 16.5 Å². The number of pyridine rings is 1. The summed E-state index contributed by atoms with van der Waals surface area (Å²) in [7, 11) is 0. The molecule has 1 aromatic heterocycles. The quantitative estimate of drug-likeness (QED) is 0.291. The molecule has 3 aromatic rings. The van der Waals surface area contributed by atoms with Crippen molar-refractivity contribution in [1.82, 2.24) is 4.98 Å². The molecule has 1 fully saturated rings. The van der Waals surface area contributed by atoms with Gasteiger partial charge in [0, 0.05) is 22.6 Å². The predicted molar refractivity (Wildman–Crippen MR) is 130 cm³/mol. The van der Waals surface area contributed by atoms with Crippen molar-refractivity contribution in [2.45, 2.75) is 38.3 Å². The third-order valence-corrected chi connectivity index (χ3v) is 5.85.